The van der Waals surface area contributed by atoms with Crippen LogP contribution in [0.1, 0.15) is 50.0 Å². The van der Waals surface area contributed by atoms with E-state index in [9.17, 15) is 4.79 Å². The Bertz CT molecular complexity index is 1010. The van der Waals surface area contributed by atoms with Gasteiger partial charge in [0.15, 0.2) is 0 Å². The molecule has 4 nitrogen and oxygen atoms in total. The Morgan fingerprint density at radius 3 is 2.44 bits per heavy atom. The molecule has 5 heteroatoms. The fourth-order valence-electron chi connectivity index (χ4n) is 3.98. The van der Waals surface area contributed by atoms with Gasteiger partial charge in [-0.05, 0) is 45.5 Å². The lowest BCUT2D eigenvalue weighted by Crippen LogP contribution is -2.37. The molecule has 0 aliphatic carbocycles. The highest BCUT2D eigenvalue weighted by molar-refractivity contribution is 7.17. The molecule has 0 bridgehead atoms. The van der Waals surface area contributed by atoms with E-state index in [1.165, 1.54) is 5.56 Å². The first-order chi connectivity index (χ1) is 13.0. The number of aryl methyl sites for hydroxylation is 1. The average Bonchev–Trinajstić information content (AvgIpc) is 3.07. The van der Waals surface area contributed by atoms with Crippen molar-refractivity contribution < 1.29 is 0 Å². The summed E-state index contributed by atoms with van der Waals surface area (Å²) in [5, 5.41) is 2.87. The molecule has 3 heterocycles. The quantitative estimate of drug-likeness (QED) is 0.653. The third-order valence-electron chi connectivity index (χ3n) is 5.60. The first-order valence-electron chi connectivity index (χ1n) is 9.75. The Labute approximate surface area is 164 Å². The van der Waals surface area contributed by atoms with E-state index in [4.69, 9.17) is 4.98 Å². The van der Waals surface area contributed by atoms with E-state index in [0.717, 1.165) is 53.1 Å². The smallest absolute Gasteiger partial charge is 0.263 e. The molecular formula is C22H27N3OS. The van der Waals surface area contributed by atoms with Crippen molar-refractivity contribution in [2.45, 2.75) is 45.6 Å². The standard InChI is InChI=1S/C22H27N3OS/c1-14(2)20-23-21-19(18(13-27-21)16-7-5-15(3)6-8-16)22(26)25(20)17-9-11-24(4)12-10-17/h5-8,13-14,17H,9-12H2,1-4H3. The summed E-state index contributed by atoms with van der Waals surface area (Å²) in [6.45, 7) is 8.41. The van der Waals surface area contributed by atoms with Crippen molar-refractivity contribution in [3.05, 3.63) is 51.4 Å². The SMILES string of the molecule is Cc1ccc(-c2csc3nc(C(C)C)n(C4CCN(C)CC4)c(=O)c23)cc1. The summed E-state index contributed by atoms with van der Waals surface area (Å²) in [7, 11) is 2.15. The van der Waals surface area contributed by atoms with Crippen molar-refractivity contribution in [1.82, 2.24) is 14.5 Å². The van der Waals surface area contributed by atoms with Crippen LogP contribution in [0.5, 0.6) is 0 Å². The van der Waals surface area contributed by atoms with Gasteiger partial charge in [-0.25, -0.2) is 4.98 Å². The highest BCUT2D eigenvalue weighted by atomic mass is 32.1. The zero-order chi connectivity index (χ0) is 19.1. The Morgan fingerprint density at radius 1 is 1.15 bits per heavy atom. The fraction of sp³-hybridized carbons (Fsp3) is 0.455. The highest BCUT2D eigenvalue weighted by Crippen LogP contribution is 2.33. The zero-order valence-electron chi connectivity index (χ0n) is 16.5. The zero-order valence-corrected chi connectivity index (χ0v) is 17.3. The second-order valence-electron chi connectivity index (χ2n) is 8.03. The average molecular weight is 382 g/mol. The number of benzene rings is 1. The molecule has 27 heavy (non-hydrogen) atoms. The van der Waals surface area contributed by atoms with Crippen LogP contribution in [-0.2, 0) is 0 Å². The van der Waals surface area contributed by atoms with Gasteiger partial charge in [-0.15, -0.1) is 11.3 Å². The van der Waals surface area contributed by atoms with Crippen LogP contribution in [0.15, 0.2) is 34.4 Å². The maximum absolute atomic E-state index is 13.7. The molecule has 0 amide bonds. The van der Waals surface area contributed by atoms with Crippen LogP contribution in [0, 0.1) is 6.92 Å². The topological polar surface area (TPSA) is 38.1 Å². The van der Waals surface area contributed by atoms with Gasteiger partial charge >= 0.3 is 0 Å². The Balaban J connectivity index is 1.91. The van der Waals surface area contributed by atoms with Gasteiger partial charge < -0.3 is 4.90 Å². The molecule has 0 radical (unpaired) electrons. The van der Waals surface area contributed by atoms with Crippen molar-refractivity contribution in [3.63, 3.8) is 0 Å². The second kappa shape index (κ2) is 7.21. The molecule has 1 saturated heterocycles. The normalized spacial score (nSPS) is 16.5. The van der Waals surface area contributed by atoms with E-state index in [1.807, 2.05) is 4.57 Å². The predicted octanol–water partition coefficient (Wildman–Crippen LogP) is 4.82. The van der Waals surface area contributed by atoms with Crippen LogP contribution >= 0.6 is 11.3 Å². The third-order valence-corrected chi connectivity index (χ3v) is 6.47. The minimum absolute atomic E-state index is 0.134. The van der Waals surface area contributed by atoms with Gasteiger partial charge in [0.05, 0.1) is 5.39 Å². The molecule has 0 atom stereocenters. The number of rotatable bonds is 3. The van der Waals surface area contributed by atoms with Gasteiger partial charge in [0, 0.05) is 22.9 Å². The fourth-order valence-corrected chi connectivity index (χ4v) is 4.92. The van der Waals surface area contributed by atoms with Crippen molar-refractivity contribution in [1.29, 1.82) is 0 Å². The van der Waals surface area contributed by atoms with Crippen LogP contribution < -0.4 is 5.56 Å². The molecule has 3 aromatic rings. The van der Waals surface area contributed by atoms with Crippen molar-refractivity contribution in [2.75, 3.05) is 20.1 Å². The molecule has 0 spiro atoms. The van der Waals surface area contributed by atoms with Gasteiger partial charge in [0.2, 0.25) is 0 Å². The van der Waals surface area contributed by atoms with E-state index in [0.29, 0.717) is 0 Å². The number of piperidine rings is 1. The van der Waals surface area contributed by atoms with Crippen molar-refractivity contribution >= 4 is 21.6 Å². The minimum atomic E-state index is 0.134. The molecule has 0 saturated carbocycles. The summed E-state index contributed by atoms with van der Waals surface area (Å²) in [5.41, 5.74) is 3.47. The monoisotopic (exact) mass is 381 g/mol. The van der Waals surface area contributed by atoms with Crippen LogP contribution in [0.2, 0.25) is 0 Å². The maximum Gasteiger partial charge on any atom is 0.263 e. The van der Waals surface area contributed by atoms with Gasteiger partial charge in [-0.2, -0.15) is 0 Å². The number of nitrogens with zero attached hydrogens (tertiary/aromatic N) is 3. The number of hydrogen-bond acceptors (Lipinski definition) is 4. The minimum Gasteiger partial charge on any atom is -0.306 e. The molecular weight excluding hydrogens is 354 g/mol. The largest absolute Gasteiger partial charge is 0.306 e. The van der Waals surface area contributed by atoms with E-state index in [1.54, 1.807) is 11.3 Å². The first kappa shape index (κ1) is 18.4. The molecule has 142 valence electrons. The van der Waals surface area contributed by atoms with E-state index in [2.05, 4.69) is 62.4 Å². The van der Waals surface area contributed by atoms with Crippen LogP contribution in [0.25, 0.3) is 21.3 Å². The first-order valence-corrected chi connectivity index (χ1v) is 10.6. The summed E-state index contributed by atoms with van der Waals surface area (Å²) in [4.78, 5) is 21.8. The van der Waals surface area contributed by atoms with Crippen molar-refractivity contribution in [3.8, 4) is 11.1 Å². The number of likely N-dealkylation sites (tertiary alicyclic amines) is 1. The molecule has 1 aliphatic rings. The Morgan fingerprint density at radius 2 is 1.81 bits per heavy atom. The lowest BCUT2D eigenvalue weighted by Gasteiger charge is -2.32. The van der Waals surface area contributed by atoms with E-state index >= 15 is 0 Å². The van der Waals surface area contributed by atoms with Crippen LogP contribution in [-0.4, -0.2) is 34.6 Å². The summed E-state index contributed by atoms with van der Waals surface area (Å²) in [5.74, 6) is 1.16. The molecule has 0 unspecified atom stereocenters. The van der Waals surface area contributed by atoms with Gasteiger partial charge in [-0.3, -0.25) is 9.36 Å². The lowest BCUT2D eigenvalue weighted by atomic mass is 10.0. The third kappa shape index (κ3) is 3.34. The van der Waals surface area contributed by atoms with E-state index < -0.39 is 0 Å². The summed E-state index contributed by atoms with van der Waals surface area (Å²) >= 11 is 1.58. The van der Waals surface area contributed by atoms with Crippen LogP contribution in [0.4, 0.5) is 0 Å². The molecule has 0 N–H and O–H groups in total. The molecule has 4 rings (SSSR count). The maximum atomic E-state index is 13.7. The highest BCUT2D eigenvalue weighted by Gasteiger charge is 2.26. The second-order valence-corrected chi connectivity index (χ2v) is 8.89. The molecule has 1 aromatic carbocycles. The number of thiophene rings is 1. The summed E-state index contributed by atoms with van der Waals surface area (Å²) in [6, 6.07) is 8.65. The number of aromatic nitrogens is 2. The Kier molecular flexibility index (Phi) is 4.91. The van der Waals surface area contributed by atoms with Crippen molar-refractivity contribution in [2.24, 2.45) is 0 Å². The number of fused-ring (bicyclic) bond motifs is 1. The number of hydrogen-bond donors (Lipinski definition) is 0. The van der Waals surface area contributed by atoms with Gasteiger partial charge in [0.25, 0.3) is 5.56 Å². The molecule has 2 aromatic heterocycles. The van der Waals surface area contributed by atoms with E-state index in [-0.39, 0.29) is 17.5 Å². The molecule has 1 aliphatic heterocycles. The van der Waals surface area contributed by atoms with Gasteiger partial charge in [0.1, 0.15) is 10.7 Å². The summed E-state index contributed by atoms with van der Waals surface area (Å²) in [6.07, 6.45) is 2.01. The summed E-state index contributed by atoms with van der Waals surface area (Å²) < 4.78 is 2.02. The Hall–Kier alpha value is -1.98. The lowest BCUT2D eigenvalue weighted by molar-refractivity contribution is 0.215. The predicted molar refractivity (Wildman–Crippen MR) is 114 cm³/mol. The molecule has 1 fully saturated rings. The van der Waals surface area contributed by atoms with Gasteiger partial charge in [-0.1, -0.05) is 43.7 Å². The van der Waals surface area contributed by atoms with Crippen LogP contribution in [0.3, 0.4) is 0 Å².